The second kappa shape index (κ2) is 5.26. The van der Waals surface area contributed by atoms with Crippen molar-refractivity contribution in [3.63, 3.8) is 0 Å². The van der Waals surface area contributed by atoms with Crippen LogP contribution in [0.5, 0.6) is 11.5 Å². The number of hydrogen-bond donors (Lipinski definition) is 0. The van der Waals surface area contributed by atoms with Gasteiger partial charge in [-0.3, -0.25) is 0 Å². The largest absolute Gasteiger partial charge is 0.457 e. The highest BCUT2D eigenvalue weighted by Gasteiger charge is 2.38. The zero-order valence-corrected chi connectivity index (χ0v) is 11.6. The molecule has 0 bridgehead atoms. The third kappa shape index (κ3) is 3.32. The molecule has 1 atom stereocenters. The summed E-state index contributed by atoms with van der Waals surface area (Å²) >= 11 is 5.75. The minimum Gasteiger partial charge on any atom is -0.457 e. The predicted molar refractivity (Wildman–Crippen MR) is 74.6 cm³/mol. The molecule has 2 aromatic carbocycles. The summed E-state index contributed by atoms with van der Waals surface area (Å²) in [6, 6.07) is 10.6. The Bertz CT molecular complexity index is 646. The van der Waals surface area contributed by atoms with Gasteiger partial charge in [0.25, 0.3) is 0 Å². The quantitative estimate of drug-likeness (QED) is 0.691. The van der Waals surface area contributed by atoms with Crippen molar-refractivity contribution in [2.45, 2.75) is 18.5 Å². The summed E-state index contributed by atoms with van der Waals surface area (Å²) in [6.45, 7) is 0. The fourth-order valence-electron chi connectivity index (χ4n) is 2.13. The Morgan fingerprint density at radius 3 is 2.19 bits per heavy atom. The molecule has 0 spiro atoms. The van der Waals surface area contributed by atoms with E-state index in [2.05, 4.69) is 0 Å². The molecular formula is C16H11ClF3O. The van der Waals surface area contributed by atoms with Crippen molar-refractivity contribution in [2.24, 2.45) is 0 Å². The maximum Gasteiger partial charge on any atom is 0.416 e. The van der Waals surface area contributed by atoms with Crippen LogP contribution < -0.4 is 4.74 Å². The molecule has 0 aliphatic heterocycles. The third-order valence-corrected chi connectivity index (χ3v) is 3.50. The molecule has 1 saturated carbocycles. The lowest BCUT2D eigenvalue weighted by atomic mass is 10.0. The summed E-state index contributed by atoms with van der Waals surface area (Å²) in [7, 11) is 0. The molecule has 0 amide bonds. The number of halogens is 4. The lowest BCUT2D eigenvalue weighted by Gasteiger charge is -2.14. The topological polar surface area (TPSA) is 9.23 Å². The van der Waals surface area contributed by atoms with E-state index in [9.17, 15) is 13.2 Å². The van der Waals surface area contributed by atoms with Crippen LogP contribution in [-0.2, 0) is 6.18 Å². The molecule has 1 aliphatic carbocycles. The summed E-state index contributed by atoms with van der Waals surface area (Å²) in [5.41, 5.74) is -0.321. The van der Waals surface area contributed by atoms with Gasteiger partial charge in [0, 0.05) is 5.02 Å². The summed E-state index contributed by atoms with van der Waals surface area (Å²) in [5.74, 6) is 0.513. The lowest BCUT2D eigenvalue weighted by Crippen LogP contribution is -2.09. The summed E-state index contributed by atoms with van der Waals surface area (Å²) in [4.78, 5) is 0. The van der Waals surface area contributed by atoms with E-state index in [0.717, 1.165) is 6.07 Å². The Morgan fingerprint density at radius 2 is 1.62 bits per heavy atom. The normalized spacial score (nSPS) is 15.0. The molecule has 1 radical (unpaired) electrons. The molecule has 109 valence electrons. The lowest BCUT2D eigenvalue weighted by molar-refractivity contribution is -0.138. The van der Waals surface area contributed by atoms with E-state index in [1.54, 1.807) is 30.3 Å². The van der Waals surface area contributed by atoms with E-state index < -0.39 is 11.7 Å². The molecular weight excluding hydrogens is 301 g/mol. The zero-order chi connectivity index (χ0) is 15.0. The van der Waals surface area contributed by atoms with Gasteiger partial charge in [-0.05, 0) is 60.7 Å². The van der Waals surface area contributed by atoms with Crippen LogP contribution in [0, 0.1) is 6.42 Å². The van der Waals surface area contributed by atoms with Gasteiger partial charge in [-0.25, -0.2) is 0 Å². The van der Waals surface area contributed by atoms with Crippen LogP contribution in [0.4, 0.5) is 13.2 Å². The minimum atomic E-state index is -4.38. The first-order valence-electron chi connectivity index (χ1n) is 6.41. The Morgan fingerprint density at radius 1 is 1.00 bits per heavy atom. The number of benzene rings is 2. The molecule has 1 unspecified atom stereocenters. The van der Waals surface area contributed by atoms with Crippen molar-refractivity contribution in [2.75, 3.05) is 0 Å². The van der Waals surface area contributed by atoms with Gasteiger partial charge in [-0.1, -0.05) is 17.7 Å². The van der Waals surface area contributed by atoms with E-state index in [-0.39, 0.29) is 11.7 Å². The number of alkyl halides is 3. The van der Waals surface area contributed by atoms with Crippen molar-refractivity contribution in [3.8, 4) is 11.5 Å². The maximum absolute atomic E-state index is 13.1. The molecule has 0 N–H and O–H groups in total. The van der Waals surface area contributed by atoms with Crippen molar-refractivity contribution in [1.29, 1.82) is 0 Å². The van der Waals surface area contributed by atoms with Gasteiger partial charge in [0.05, 0.1) is 5.56 Å². The second-order valence-corrected chi connectivity index (χ2v) is 5.32. The first kappa shape index (κ1) is 14.3. The van der Waals surface area contributed by atoms with Gasteiger partial charge in [-0.15, -0.1) is 0 Å². The Kier molecular flexibility index (Phi) is 3.57. The van der Waals surface area contributed by atoms with Crippen LogP contribution in [0.3, 0.4) is 0 Å². The Balaban J connectivity index is 1.91. The van der Waals surface area contributed by atoms with Crippen LogP contribution in [0.15, 0.2) is 42.5 Å². The molecule has 0 aromatic heterocycles. The average Bonchev–Trinajstić information content (AvgIpc) is 3.25. The van der Waals surface area contributed by atoms with Crippen LogP contribution >= 0.6 is 11.6 Å². The van der Waals surface area contributed by atoms with Gasteiger partial charge >= 0.3 is 6.18 Å². The molecule has 5 heteroatoms. The van der Waals surface area contributed by atoms with Crippen LogP contribution in [0.25, 0.3) is 0 Å². The standard InChI is InChI=1S/C16H11ClF3O/c17-11-3-5-12(6-4-11)21-13-7-8-14(10-1-2-10)15(9-13)16(18,19)20/h1,3-10H,2H2. The second-order valence-electron chi connectivity index (χ2n) is 4.88. The molecule has 3 rings (SSSR count). The number of ether oxygens (including phenoxy) is 1. The summed E-state index contributed by atoms with van der Waals surface area (Å²) in [5, 5.41) is 0.540. The van der Waals surface area contributed by atoms with Gasteiger partial charge in [0.2, 0.25) is 0 Å². The maximum atomic E-state index is 13.1. The monoisotopic (exact) mass is 311 g/mol. The minimum absolute atomic E-state index is 0.0915. The molecule has 0 saturated heterocycles. The highest BCUT2D eigenvalue weighted by molar-refractivity contribution is 6.30. The van der Waals surface area contributed by atoms with E-state index >= 15 is 0 Å². The van der Waals surface area contributed by atoms with Crippen LogP contribution in [0.1, 0.15) is 23.5 Å². The first-order valence-corrected chi connectivity index (χ1v) is 6.79. The van der Waals surface area contributed by atoms with Crippen molar-refractivity contribution in [3.05, 3.63) is 65.0 Å². The number of hydrogen-bond acceptors (Lipinski definition) is 1. The van der Waals surface area contributed by atoms with Gasteiger partial charge in [-0.2, -0.15) is 13.2 Å². The van der Waals surface area contributed by atoms with E-state index in [1.807, 2.05) is 6.42 Å². The van der Waals surface area contributed by atoms with Gasteiger partial charge in [0.1, 0.15) is 11.5 Å². The van der Waals surface area contributed by atoms with Crippen LogP contribution in [-0.4, -0.2) is 0 Å². The Hall–Kier alpha value is -1.68. The molecule has 1 fully saturated rings. The van der Waals surface area contributed by atoms with E-state index in [0.29, 0.717) is 22.8 Å². The highest BCUT2D eigenvalue weighted by Crippen LogP contribution is 2.46. The molecule has 1 nitrogen and oxygen atoms in total. The average molecular weight is 312 g/mol. The number of rotatable bonds is 3. The van der Waals surface area contributed by atoms with Gasteiger partial charge < -0.3 is 4.74 Å². The molecule has 1 aliphatic rings. The van der Waals surface area contributed by atoms with Crippen molar-refractivity contribution >= 4 is 11.6 Å². The molecule has 2 aromatic rings. The highest BCUT2D eigenvalue weighted by atomic mass is 35.5. The third-order valence-electron chi connectivity index (χ3n) is 3.25. The summed E-state index contributed by atoms with van der Waals surface area (Å²) in [6.07, 6.45) is -1.84. The summed E-state index contributed by atoms with van der Waals surface area (Å²) < 4.78 is 44.8. The molecule has 21 heavy (non-hydrogen) atoms. The van der Waals surface area contributed by atoms with Crippen LogP contribution in [0.2, 0.25) is 5.02 Å². The van der Waals surface area contributed by atoms with Crippen molar-refractivity contribution < 1.29 is 17.9 Å². The fourth-order valence-corrected chi connectivity index (χ4v) is 2.25. The van der Waals surface area contributed by atoms with E-state index in [1.165, 1.54) is 6.07 Å². The first-order chi connectivity index (χ1) is 9.93. The SMILES string of the molecule is FC(F)(F)c1cc(Oc2ccc(Cl)cc2)ccc1C1[CH]C1. The van der Waals surface area contributed by atoms with Gasteiger partial charge in [0.15, 0.2) is 0 Å². The predicted octanol–water partition coefficient (Wildman–Crippen LogP) is 5.84. The fraction of sp³-hybridized carbons (Fsp3) is 0.188. The Labute approximate surface area is 125 Å². The molecule has 0 heterocycles. The van der Waals surface area contributed by atoms with Crippen molar-refractivity contribution in [1.82, 2.24) is 0 Å². The van der Waals surface area contributed by atoms with E-state index in [4.69, 9.17) is 16.3 Å². The smallest absolute Gasteiger partial charge is 0.416 e. The zero-order valence-electron chi connectivity index (χ0n) is 10.8.